The Morgan fingerprint density at radius 3 is 2.68 bits per heavy atom. The Bertz CT molecular complexity index is 611. The minimum Gasteiger partial charge on any atom is -0.478 e. The highest BCUT2D eigenvalue weighted by atomic mass is 19.1. The number of aryl methyl sites for hydroxylation is 1. The van der Waals surface area contributed by atoms with E-state index in [0.29, 0.717) is 12.2 Å². The second-order valence-corrected chi connectivity index (χ2v) is 4.28. The molecule has 0 unspecified atom stereocenters. The smallest absolute Gasteiger partial charge is 0.337 e. The molecule has 0 saturated heterocycles. The van der Waals surface area contributed by atoms with Gasteiger partial charge in [-0.1, -0.05) is 24.3 Å². The minimum absolute atomic E-state index is 0.0615. The third-order valence-corrected chi connectivity index (χ3v) is 2.94. The summed E-state index contributed by atoms with van der Waals surface area (Å²) in [5.41, 5.74) is 2.54. The number of carboxylic acid groups (broad SMARTS) is 1. The summed E-state index contributed by atoms with van der Waals surface area (Å²) in [5.74, 6) is -1.70. The quantitative estimate of drug-likeness (QED) is 0.884. The van der Waals surface area contributed by atoms with Gasteiger partial charge in [0.1, 0.15) is 5.82 Å². The molecule has 0 aliphatic rings. The molecule has 0 spiro atoms. The SMILES string of the molecule is Cc1ccccc1CNc1ccc(F)cc1C(=O)O. The average molecular weight is 259 g/mol. The van der Waals surface area contributed by atoms with Crippen LogP contribution in [0.2, 0.25) is 0 Å². The molecular formula is C15H14FNO2. The van der Waals surface area contributed by atoms with Crippen LogP contribution in [0.3, 0.4) is 0 Å². The van der Waals surface area contributed by atoms with Crippen molar-refractivity contribution in [3.8, 4) is 0 Å². The largest absolute Gasteiger partial charge is 0.478 e. The van der Waals surface area contributed by atoms with Crippen molar-refractivity contribution in [1.82, 2.24) is 0 Å². The van der Waals surface area contributed by atoms with E-state index in [4.69, 9.17) is 5.11 Å². The number of carboxylic acids is 1. The Balaban J connectivity index is 2.20. The van der Waals surface area contributed by atoms with Crippen molar-refractivity contribution >= 4 is 11.7 Å². The molecule has 98 valence electrons. The van der Waals surface area contributed by atoms with Crippen LogP contribution in [-0.4, -0.2) is 11.1 Å². The van der Waals surface area contributed by atoms with E-state index in [2.05, 4.69) is 5.32 Å². The lowest BCUT2D eigenvalue weighted by Gasteiger charge is -2.11. The summed E-state index contributed by atoms with van der Waals surface area (Å²) < 4.78 is 13.0. The van der Waals surface area contributed by atoms with Crippen LogP contribution in [0.15, 0.2) is 42.5 Å². The highest BCUT2D eigenvalue weighted by Gasteiger charge is 2.11. The van der Waals surface area contributed by atoms with Gasteiger partial charge in [-0.15, -0.1) is 0 Å². The van der Waals surface area contributed by atoms with E-state index in [9.17, 15) is 9.18 Å². The molecular weight excluding hydrogens is 245 g/mol. The lowest BCUT2D eigenvalue weighted by Crippen LogP contribution is -2.07. The molecule has 4 heteroatoms. The lowest BCUT2D eigenvalue weighted by molar-refractivity contribution is 0.0697. The van der Waals surface area contributed by atoms with Gasteiger partial charge < -0.3 is 10.4 Å². The molecule has 0 saturated carbocycles. The number of benzene rings is 2. The molecule has 0 radical (unpaired) electrons. The van der Waals surface area contributed by atoms with Gasteiger partial charge in [0.05, 0.1) is 5.56 Å². The summed E-state index contributed by atoms with van der Waals surface area (Å²) in [6, 6.07) is 11.5. The standard InChI is InChI=1S/C15H14FNO2/c1-10-4-2-3-5-11(10)9-17-14-7-6-12(16)8-13(14)15(18)19/h2-8,17H,9H2,1H3,(H,18,19). The monoisotopic (exact) mass is 259 g/mol. The fourth-order valence-corrected chi connectivity index (χ4v) is 1.85. The number of nitrogens with one attached hydrogen (secondary N) is 1. The predicted octanol–water partition coefficient (Wildman–Crippen LogP) is 3.44. The molecule has 0 aliphatic heterocycles. The van der Waals surface area contributed by atoms with Crippen molar-refractivity contribution in [2.24, 2.45) is 0 Å². The van der Waals surface area contributed by atoms with Gasteiger partial charge in [-0.3, -0.25) is 0 Å². The summed E-state index contributed by atoms with van der Waals surface area (Å²) in [6.45, 7) is 2.48. The predicted molar refractivity (Wildman–Crippen MR) is 71.9 cm³/mol. The first kappa shape index (κ1) is 13.1. The fraction of sp³-hybridized carbons (Fsp3) is 0.133. The van der Waals surface area contributed by atoms with Gasteiger partial charge in [0, 0.05) is 12.2 Å². The van der Waals surface area contributed by atoms with Crippen molar-refractivity contribution < 1.29 is 14.3 Å². The fourth-order valence-electron chi connectivity index (χ4n) is 1.85. The molecule has 0 aliphatic carbocycles. The van der Waals surface area contributed by atoms with E-state index in [0.717, 1.165) is 17.2 Å². The summed E-state index contributed by atoms with van der Waals surface area (Å²) in [5, 5.41) is 12.1. The van der Waals surface area contributed by atoms with Crippen LogP contribution < -0.4 is 5.32 Å². The maximum atomic E-state index is 13.0. The van der Waals surface area contributed by atoms with E-state index in [1.807, 2.05) is 31.2 Å². The Hall–Kier alpha value is -2.36. The summed E-state index contributed by atoms with van der Waals surface area (Å²) in [7, 11) is 0. The van der Waals surface area contributed by atoms with Crippen LogP contribution in [0.4, 0.5) is 10.1 Å². The van der Waals surface area contributed by atoms with Crippen LogP contribution in [0.5, 0.6) is 0 Å². The van der Waals surface area contributed by atoms with Crippen molar-refractivity contribution in [2.45, 2.75) is 13.5 Å². The second-order valence-electron chi connectivity index (χ2n) is 4.28. The molecule has 3 nitrogen and oxygen atoms in total. The number of hydrogen-bond donors (Lipinski definition) is 2. The van der Waals surface area contributed by atoms with Gasteiger partial charge in [0.15, 0.2) is 0 Å². The maximum absolute atomic E-state index is 13.0. The average Bonchev–Trinajstić information content (AvgIpc) is 2.38. The zero-order chi connectivity index (χ0) is 13.8. The number of anilines is 1. The first-order chi connectivity index (χ1) is 9.08. The molecule has 2 N–H and O–H groups in total. The van der Waals surface area contributed by atoms with E-state index in [1.54, 1.807) is 0 Å². The molecule has 0 heterocycles. The summed E-state index contributed by atoms with van der Waals surface area (Å²) >= 11 is 0. The molecule has 0 fully saturated rings. The van der Waals surface area contributed by atoms with Crippen molar-refractivity contribution in [3.05, 3.63) is 65.0 Å². The van der Waals surface area contributed by atoms with E-state index in [-0.39, 0.29) is 5.56 Å². The number of rotatable bonds is 4. The van der Waals surface area contributed by atoms with E-state index in [1.165, 1.54) is 12.1 Å². The van der Waals surface area contributed by atoms with Crippen LogP contribution in [0, 0.1) is 12.7 Å². The second kappa shape index (κ2) is 5.52. The number of halogens is 1. The Kier molecular flexibility index (Phi) is 3.80. The number of aromatic carboxylic acids is 1. The van der Waals surface area contributed by atoms with Gasteiger partial charge in [-0.2, -0.15) is 0 Å². The molecule has 0 amide bonds. The molecule has 19 heavy (non-hydrogen) atoms. The van der Waals surface area contributed by atoms with Gasteiger partial charge in [0.2, 0.25) is 0 Å². The molecule has 2 aromatic rings. The maximum Gasteiger partial charge on any atom is 0.337 e. The van der Waals surface area contributed by atoms with Crippen molar-refractivity contribution in [3.63, 3.8) is 0 Å². The van der Waals surface area contributed by atoms with E-state index < -0.39 is 11.8 Å². The zero-order valence-electron chi connectivity index (χ0n) is 10.5. The molecule has 2 rings (SSSR count). The highest BCUT2D eigenvalue weighted by molar-refractivity contribution is 5.94. The number of hydrogen-bond acceptors (Lipinski definition) is 2. The van der Waals surface area contributed by atoms with Crippen molar-refractivity contribution in [2.75, 3.05) is 5.32 Å². The molecule has 0 atom stereocenters. The normalized spacial score (nSPS) is 10.2. The Morgan fingerprint density at radius 2 is 2.00 bits per heavy atom. The van der Waals surface area contributed by atoms with Gasteiger partial charge in [-0.05, 0) is 36.2 Å². The van der Waals surface area contributed by atoms with Crippen LogP contribution in [0.1, 0.15) is 21.5 Å². The molecule has 0 bridgehead atoms. The highest BCUT2D eigenvalue weighted by Crippen LogP contribution is 2.18. The lowest BCUT2D eigenvalue weighted by atomic mass is 10.1. The summed E-state index contributed by atoms with van der Waals surface area (Å²) in [6.07, 6.45) is 0. The van der Waals surface area contributed by atoms with E-state index >= 15 is 0 Å². The van der Waals surface area contributed by atoms with Crippen LogP contribution in [0.25, 0.3) is 0 Å². The number of carbonyl (C=O) groups is 1. The van der Waals surface area contributed by atoms with Crippen molar-refractivity contribution in [1.29, 1.82) is 0 Å². The Labute approximate surface area is 110 Å². The third kappa shape index (κ3) is 3.10. The topological polar surface area (TPSA) is 49.3 Å². The Morgan fingerprint density at radius 1 is 1.26 bits per heavy atom. The van der Waals surface area contributed by atoms with Gasteiger partial charge in [0.25, 0.3) is 0 Å². The molecule has 0 aromatic heterocycles. The first-order valence-corrected chi connectivity index (χ1v) is 5.89. The summed E-state index contributed by atoms with van der Waals surface area (Å²) in [4.78, 5) is 11.0. The third-order valence-electron chi connectivity index (χ3n) is 2.94. The van der Waals surface area contributed by atoms with Gasteiger partial charge in [-0.25, -0.2) is 9.18 Å². The first-order valence-electron chi connectivity index (χ1n) is 5.89. The van der Waals surface area contributed by atoms with Gasteiger partial charge >= 0.3 is 5.97 Å². The zero-order valence-corrected chi connectivity index (χ0v) is 10.5. The minimum atomic E-state index is -1.15. The van der Waals surface area contributed by atoms with Crippen LogP contribution in [-0.2, 0) is 6.54 Å². The van der Waals surface area contributed by atoms with Crippen LogP contribution >= 0.6 is 0 Å². The molecule has 2 aromatic carbocycles.